The van der Waals surface area contributed by atoms with Gasteiger partial charge in [-0.3, -0.25) is 29.3 Å². The number of nitrogens with one attached hydrogen (secondary N) is 2. The Morgan fingerprint density at radius 1 is 1.04 bits per heavy atom. The molecule has 4 aromatic rings. The smallest absolute Gasteiger partial charge is 0.417 e. The number of halogens is 3. The summed E-state index contributed by atoms with van der Waals surface area (Å²) in [5.41, 5.74) is -2.12. The van der Waals surface area contributed by atoms with E-state index in [4.69, 9.17) is 4.42 Å². The number of methoxy groups -OCH3 is 1. The molecule has 248 valence electrons. The number of carbonyl (C=O) groups excluding carboxylic acids is 3. The number of alkyl halides is 3. The molecule has 0 fully saturated rings. The molecule has 2 amide bonds. The number of benzene rings is 1. The van der Waals surface area contributed by atoms with Crippen molar-refractivity contribution in [3.8, 4) is 11.4 Å². The molecule has 2 N–H and O–H groups in total. The van der Waals surface area contributed by atoms with Gasteiger partial charge in [0.1, 0.15) is 18.1 Å². The summed E-state index contributed by atoms with van der Waals surface area (Å²) >= 11 is 0. The topological polar surface area (TPSA) is 171 Å². The van der Waals surface area contributed by atoms with E-state index in [1.807, 2.05) is 0 Å². The van der Waals surface area contributed by atoms with Crippen molar-refractivity contribution in [2.24, 2.45) is 5.92 Å². The predicted molar refractivity (Wildman–Crippen MR) is 161 cm³/mol. The van der Waals surface area contributed by atoms with Crippen LogP contribution in [-0.4, -0.2) is 55.7 Å². The van der Waals surface area contributed by atoms with Gasteiger partial charge < -0.3 is 14.5 Å². The molecule has 13 nitrogen and oxygen atoms in total. The van der Waals surface area contributed by atoms with Crippen LogP contribution in [0.3, 0.4) is 0 Å². The number of aromatic nitrogens is 5. The maximum Gasteiger partial charge on any atom is 0.417 e. The van der Waals surface area contributed by atoms with Crippen molar-refractivity contribution >= 4 is 23.5 Å². The molecule has 0 aliphatic carbocycles. The van der Waals surface area contributed by atoms with E-state index in [1.165, 1.54) is 13.0 Å². The molecule has 1 atom stereocenters. The summed E-state index contributed by atoms with van der Waals surface area (Å²) in [7, 11) is 1.13. The molecule has 3 heterocycles. The third-order valence-electron chi connectivity index (χ3n) is 7.26. The highest BCUT2D eigenvalue weighted by molar-refractivity contribution is 5.98. The van der Waals surface area contributed by atoms with Crippen LogP contribution in [0.25, 0.3) is 11.4 Å². The van der Waals surface area contributed by atoms with Gasteiger partial charge in [0.2, 0.25) is 17.6 Å². The number of amides is 2. The highest BCUT2D eigenvalue weighted by Gasteiger charge is 2.36. The average molecular weight is 656 g/mol. The van der Waals surface area contributed by atoms with Crippen molar-refractivity contribution in [1.29, 1.82) is 0 Å². The Morgan fingerprint density at radius 3 is 2.30 bits per heavy atom. The summed E-state index contributed by atoms with van der Waals surface area (Å²) in [5.74, 6) is -2.33. The highest BCUT2D eigenvalue weighted by Crippen LogP contribution is 2.33. The maximum absolute atomic E-state index is 13.5. The van der Waals surface area contributed by atoms with Gasteiger partial charge in [-0.15, -0.1) is 10.2 Å². The summed E-state index contributed by atoms with van der Waals surface area (Å²) < 4.78 is 50.4. The molecular weight excluding hydrogens is 623 g/mol. The number of hydrogen-bond acceptors (Lipinski definition) is 10. The number of hydrogen-bond donors (Lipinski definition) is 2. The molecule has 1 aromatic carbocycles. The van der Waals surface area contributed by atoms with Crippen LogP contribution in [0, 0.1) is 12.8 Å². The monoisotopic (exact) mass is 655 g/mol. The third kappa shape index (κ3) is 7.53. The first-order valence-corrected chi connectivity index (χ1v) is 14.3. The van der Waals surface area contributed by atoms with Crippen LogP contribution in [0.15, 0.2) is 57.9 Å². The lowest BCUT2D eigenvalue weighted by Gasteiger charge is -2.21. The summed E-state index contributed by atoms with van der Waals surface area (Å²) in [4.78, 5) is 60.7. The van der Waals surface area contributed by atoms with Crippen LogP contribution < -0.4 is 16.2 Å². The Bertz CT molecular complexity index is 1840. The molecule has 1 unspecified atom stereocenters. The van der Waals surface area contributed by atoms with Gasteiger partial charge in [0.15, 0.2) is 0 Å². The highest BCUT2D eigenvalue weighted by atomic mass is 19.4. The summed E-state index contributed by atoms with van der Waals surface area (Å²) in [6.07, 6.45) is -4.78. The van der Waals surface area contributed by atoms with Crippen molar-refractivity contribution in [3.05, 3.63) is 87.7 Å². The third-order valence-corrected chi connectivity index (χ3v) is 7.26. The van der Waals surface area contributed by atoms with E-state index in [0.717, 1.165) is 17.7 Å². The van der Waals surface area contributed by atoms with E-state index in [0.29, 0.717) is 11.8 Å². The van der Waals surface area contributed by atoms with Crippen molar-refractivity contribution in [3.63, 3.8) is 0 Å². The van der Waals surface area contributed by atoms with Crippen molar-refractivity contribution in [2.45, 2.75) is 58.8 Å². The zero-order valence-electron chi connectivity index (χ0n) is 26.3. The van der Waals surface area contributed by atoms with E-state index < -0.39 is 64.9 Å². The number of Topliss-reactive ketones (excluding diaryl/α,β-unsaturated/α-hetero) is 1. The van der Waals surface area contributed by atoms with Gasteiger partial charge in [-0.05, 0) is 38.8 Å². The minimum Gasteiger partial charge on any atom is -0.453 e. The predicted octanol–water partition coefficient (Wildman–Crippen LogP) is 4.54. The zero-order valence-corrected chi connectivity index (χ0v) is 26.3. The summed E-state index contributed by atoms with van der Waals surface area (Å²) in [6, 6.07) is 9.49. The van der Waals surface area contributed by atoms with Crippen LogP contribution in [-0.2, 0) is 27.7 Å². The molecule has 0 aliphatic rings. The number of rotatable bonds is 10. The second kappa shape index (κ2) is 13.5. The van der Waals surface area contributed by atoms with Crippen LogP contribution >= 0.6 is 0 Å². The lowest BCUT2D eigenvalue weighted by molar-refractivity contribution is -0.137. The second-order valence-electron chi connectivity index (χ2n) is 11.4. The lowest BCUT2D eigenvalue weighted by atomic mass is 9.88. The fourth-order valence-corrected chi connectivity index (χ4v) is 4.56. The van der Waals surface area contributed by atoms with Gasteiger partial charge >= 0.3 is 12.3 Å². The van der Waals surface area contributed by atoms with Gasteiger partial charge in [0.05, 0.1) is 35.5 Å². The maximum atomic E-state index is 13.5. The van der Waals surface area contributed by atoms with E-state index in [-0.39, 0.29) is 28.8 Å². The summed E-state index contributed by atoms with van der Waals surface area (Å²) in [6.45, 7) is 7.46. The van der Waals surface area contributed by atoms with Crippen molar-refractivity contribution in [1.82, 2.24) is 30.0 Å². The average Bonchev–Trinajstić information content (AvgIpc) is 3.54. The quantitative estimate of drug-likeness (QED) is 0.231. The number of ketones is 1. The Labute approximate surface area is 266 Å². The number of nitrogens with zero attached hydrogens (tertiary/aromatic N) is 5. The largest absolute Gasteiger partial charge is 0.453 e. The summed E-state index contributed by atoms with van der Waals surface area (Å²) in [5, 5.41) is 12.7. The standard InChI is InChI=1S/C31H32F3N7O6/c1-16(2)22(24(43)26-39-40-28(47-26)30(4,5)20-13-12-19(14-35-20)31(32,33)34)37-21(42)15-41-25(18-10-8-7-9-11-18)36-17(3)23(27(41)44)38-29(45)46-6/h7-14,16,22H,15H2,1-6H3,(H,37,42)(H,38,45). The number of anilines is 1. The molecule has 0 radical (unpaired) electrons. The van der Waals surface area contributed by atoms with Crippen LogP contribution in [0.2, 0.25) is 0 Å². The minimum atomic E-state index is -4.56. The molecule has 16 heteroatoms. The lowest BCUT2D eigenvalue weighted by Crippen LogP contribution is -2.47. The van der Waals surface area contributed by atoms with Gasteiger partial charge in [-0.1, -0.05) is 44.2 Å². The number of aryl methyl sites for hydroxylation is 1. The van der Waals surface area contributed by atoms with Crippen molar-refractivity contribution < 1.29 is 36.7 Å². The Balaban J connectivity index is 1.60. The van der Waals surface area contributed by atoms with E-state index in [1.54, 1.807) is 58.0 Å². The first kappa shape index (κ1) is 34.5. The first-order chi connectivity index (χ1) is 22.0. The second-order valence-corrected chi connectivity index (χ2v) is 11.4. The number of ether oxygens (including phenoxy) is 1. The SMILES string of the molecule is COC(=O)Nc1c(C)nc(-c2ccccc2)n(CC(=O)NC(C(=O)c2nnc(C(C)(C)c3ccc(C(F)(F)F)cn3)o2)C(C)C)c1=O. The molecule has 0 saturated carbocycles. The number of carbonyl (C=O) groups is 3. The van der Waals surface area contributed by atoms with Crippen LogP contribution in [0.5, 0.6) is 0 Å². The molecule has 0 spiro atoms. The van der Waals surface area contributed by atoms with E-state index in [9.17, 15) is 32.3 Å². The van der Waals surface area contributed by atoms with E-state index >= 15 is 0 Å². The van der Waals surface area contributed by atoms with E-state index in [2.05, 4.69) is 35.5 Å². The molecule has 0 aliphatic heterocycles. The van der Waals surface area contributed by atoms with Gasteiger partial charge in [0, 0.05) is 11.8 Å². The van der Waals surface area contributed by atoms with Crippen molar-refractivity contribution in [2.75, 3.05) is 12.4 Å². The minimum absolute atomic E-state index is 0.0858. The van der Waals surface area contributed by atoms with Crippen LogP contribution in [0.4, 0.5) is 23.7 Å². The molecule has 3 aromatic heterocycles. The molecular formula is C31H32F3N7O6. The zero-order chi connectivity index (χ0) is 34.7. The Hall–Kier alpha value is -5.41. The van der Waals surface area contributed by atoms with Crippen LogP contribution in [0.1, 0.15) is 61.2 Å². The fourth-order valence-electron chi connectivity index (χ4n) is 4.56. The van der Waals surface area contributed by atoms with Gasteiger partial charge in [-0.2, -0.15) is 13.2 Å². The normalized spacial score (nSPS) is 12.5. The molecule has 47 heavy (non-hydrogen) atoms. The van der Waals surface area contributed by atoms with Gasteiger partial charge in [0.25, 0.3) is 11.4 Å². The van der Waals surface area contributed by atoms with Gasteiger partial charge in [-0.25, -0.2) is 9.78 Å². The molecule has 4 rings (SSSR count). The molecule has 0 bridgehead atoms. The Kier molecular flexibility index (Phi) is 9.92. The first-order valence-electron chi connectivity index (χ1n) is 14.3. The molecule has 0 saturated heterocycles. The number of pyridine rings is 1. The Morgan fingerprint density at radius 2 is 1.72 bits per heavy atom. The fraction of sp³-hybridized carbons (Fsp3) is 0.355.